The lowest BCUT2D eigenvalue weighted by Crippen LogP contribution is -2.02. The Labute approximate surface area is 69.0 Å². The van der Waals surface area contributed by atoms with Crippen molar-refractivity contribution in [1.82, 2.24) is 9.97 Å². The van der Waals surface area contributed by atoms with Crippen molar-refractivity contribution in [2.24, 2.45) is 0 Å². The number of allylic oxidation sites excluding steroid dienone is 1. The largest absolute Gasteiger partial charge is 0.311 e. The summed E-state index contributed by atoms with van der Waals surface area (Å²) in [6.07, 6.45) is -1.05. The van der Waals surface area contributed by atoms with Gasteiger partial charge in [-0.05, 0) is 19.4 Å². The van der Waals surface area contributed by atoms with Gasteiger partial charge in [-0.25, -0.2) is 4.98 Å². The normalized spacial score (nSPS) is 10.0. The topological polar surface area (TPSA) is 25.8 Å². The van der Waals surface area contributed by atoms with Crippen molar-refractivity contribution in [3.8, 4) is 0 Å². The van der Waals surface area contributed by atoms with Gasteiger partial charge in [-0.15, -0.1) is 0 Å². The first-order chi connectivity index (χ1) is 5.52. The molecule has 64 valence electrons. The first-order valence-corrected chi connectivity index (χ1v) is 3.38. The van der Waals surface area contributed by atoms with Crippen molar-refractivity contribution in [3.05, 3.63) is 29.9 Å². The molecule has 0 bridgehead atoms. The van der Waals surface area contributed by atoms with Gasteiger partial charge in [-0.1, -0.05) is 6.58 Å². The van der Waals surface area contributed by atoms with E-state index in [0.29, 0.717) is 5.57 Å². The molecule has 1 aromatic rings. The van der Waals surface area contributed by atoms with Gasteiger partial charge in [0, 0.05) is 0 Å². The first kappa shape index (κ1) is 8.77. The number of aryl methyl sites for hydroxylation is 1. The lowest BCUT2D eigenvalue weighted by molar-refractivity contribution is 0.476. The summed E-state index contributed by atoms with van der Waals surface area (Å²) in [5.41, 5.74) is 0.953. The van der Waals surface area contributed by atoms with Crippen molar-refractivity contribution in [3.63, 3.8) is 0 Å². The molecular weight excluding hydrogens is 162 g/mol. The molecule has 0 fully saturated rings. The van der Waals surface area contributed by atoms with Crippen LogP contribution in [0.15, 0.2) is 6.58 Å². The van der Waals surface area contributed by atoms with Crippen LogP contribution in [-0.2, 0) is 0 Å². The summed E-state index contributed by atoms with van der Waals surface area (Å²) in [6, 6.07) is 0. The minimum absolute atomic E-state index is 0.191. The molecule has 0 atom stereocenters. The fourth-order valence-corrected chi connectivity index (χ4v) is 0.990. The van der Waals surface area contributed by atoms with E-state index in [9.17, 15) is 8.78 Å². The molecule has 0 aliphatic carbocycles. The van der Waals surface area contributed by atoms with Crippen LogP contribution in [0, 0.1) is 18.9 Å². The number of nitrogens with zero attached hydrogens (tertiary/aromatic N) is 2. The van der Waals surface area contributed by atoms with Crippen LogP contribution in [0.3, 0.4) is 0 Å². The fraction of sp³-hybridized carbons (Fsp3) is 0.250. The van der Waals surface area contributed by atoms with E-state index in [-0.39, 0.29) is 11.3 Å². The highest BCUT2D eigenvalue weighted by Gasteiger charge is 2.11. The SMILES string of the molecule is C=C(C)c1c(C)nc(F)nc1F. The van der Waals surface area contributed by atoms with Gasteiger partial charge < -0.3 is 0 Å². The van der Waals surface area contributed by atoms with Gasteiger partial charge in [0.2, 0.25) is 5.95 Å². The third-order valence-electron chi connectivity index (χ3n) is 1.45. The molecule has 0 unspecified atom stereocenters. The monoisotopic (exact) mass is 170 g/mol. The van der Waals surface area contributed by atoms with Crippen LogP contribution in [0.4, 0.5) is 8.78 Å². The maximum atomic E-state index is 12.9. The number of hydrogen-bond donors (Lipinski definition) is 0. The van der Waals surface area contributed by atoms with E-state index >= 15 is 0 Å². The quantitative estimate of drug-likeness (QED) is 0.476. The van der Waals surface area contributed by atoms with Crippen LogP contribution in [0.5, 0.6) is 0 Å². The van der Waals surface area contributed by atoms with Gasteiger partial charge in [0.15, 0.2) is 0 Å². The molecule has 0 spiro atoms. The van der Waals surface area contributed by atoms with Gasteiger partial charge in [-0.2, -0.15) is 13.8 Å². The van der Waals surface area contributed by atoms with Gasteiger partial charge in [0.05, 0.1) is 11.3 Å². The molecule has 0 amide bonds. The summed E-state index contributed by atoms with van der Waals surface area (Å²) in [5, 5.41) is 0. The zero-order valence-electron chi connectivity index (χ0n) is 6.86. The molecule has 0 aromatic carbocycles. The molecule has 0 aliphatic heterocycles. The van der Waals surface area contributed by atoms with Gasteiger partial charge in [-0.3, -0.25) is 0 Å². The van der Waals surface area contributed by atoms with Crippen LogP contribution < -0.4 is 0 Å². The highest BCUT2D eigenvalue weighted by molar-refractivity contribution is 5.62. The summed E-state index contributed by atoms with van der Waals surface area (Å²) >= 11 is 0. The number of rotatable bonds is 1. The Morgan fingerprint density at radius 3 is 2.33 bits per heavy atom. The second kappa shape index (κ2) is 2.97. The zero-order chi connectivity index (χ0) is 9.30. The van der Waals surface area contributed by atoms with Crippen LogP contribution in [-0.4, -0.2) is 9.97 Å². The predicted molar refractivity (Wildman–Crippen MR) is 41.4 cm³/mol. The van der Waals surface area contributed by atoms with Crippen LogP contribution >= 0.6 is 0 Å². The average molecular weight is 170 g/mol. The lowest BCUT2D eigenvalue weighted by Gasteiger charge is -2.03. The Bertz CT molecular complexity index is 311. The summed E-state index contributed by atoms with van der Waals surface area (Å²) in [4.78, 5) is 6.33. The molecule has 4 heteroatoms. The summed E-state index contributed by atoms with van der Waals surface area (Å²) in [5.74, 6) is -0.854. The first-order valence-electron chi connectivity index (χ1n) is 3.38. The highest BCUT2D eigenvalue weighted by atomic mass is 19.1. The third-order valence-corrected chi connectivity index (χ3v) is 1.45. The van der Waals surface area contributed by atoms with E-state index in [1.54, 1.807) is 6.92 Å². The number of hydrogen-bond acceptors (Lipinski definition) is 2. The summed E-state index contributed by atoms with van der Waals surface area (Å²) < 4.78 is 25.3. The Morgan fingerprint density at radius 1 is 1.33 bits per heavy atom. The van der Waals surface area contributed by atoms with E-state index in [1.807, 2.05) is 0 Å². The van der Waals surface area contributed by atoms with Crippen LogP contribution in [0.25, 0.3) is 5.57 Å². The summed E-state index contributed by atoms with van der Waals surface area (Å²) in [6.45, 7) is 6.66. The highest BCUT2D eigenvalue weighted by Crippen LogP contribution is 2.17. The fourth-order valence-electron chi connectivity index (χ4n) is 0.990. The van der Waals surface area contributed by atoms with Gasteiger partial charge in [0.25, 0.3) is 0 Å². The molecule has 0 radical (unpaired) electrons. The molecule has 12 heavy (non-hydrogen) atoms. The minimum atomic E-state index is -1.05. The van der Waals surface area contributed by atoms with Crippen molar-refractivity contribution in [1.29, 1.82) is 0 Å². The van der Waals surface area contributed by atoms with Gasteiger partial charge in [0.1, 0.15) is 0 Å². The van der Waals surface area contributed by atoms with E-state index in [1.165, 1.54) is 6.92 Å². The molecule has 1 rings (SSSR count). The van der Waals surface area contributed by atoms with Crippen LogP contribution in [0.2, 0.25) is 0 Å². The molecule has 2 nitrogen and oxygen atoms in total. The molecule has 0 N–H and O–H groups in total. The standard InChI is InChI=1S/C8H8F2N2/c1-4(2)6-5(3)11-8(10)12-7(6)9/h1H2,2-3H3. The second-order valence-electron chi connectivity index (χ2n) is 2.52. The average Bonchev–Trinajstić information content (AvgIpc) is 1.82. The predicted octanol–water partition coefficient (Wildman–Crippen LogP) is 2.10. The maximum Gasteiger partial charge on any atom is 0.311 e. The van der Waals surface area contributed by atoms with Crippen molar-refractivity contribution >= 4 is 5.57 Å². The minimum Gasteiger partial charge on any atom is -0.207 e. The Morgan fingerprint density at radius 2 is 1.92 bits per heavy atom. The molecular formula is C8H8F2N2. The molecule has 1 aromatic heterocycles. The smallest absolute Gasteiger partial charge is 0.207 e. The molecule has 1 heterocycles. The Kier molecular flexibility index (Phi) is 2.17. The van der Waals surface area contributed by atoms with Gasteiger partial charge >= 0.3 is 6.08 Å². The third kappa shape index (κ3) is 1.47. The van der Waals surface area contributed by atoms with E-state index in [0.717, 1.165) is 0 Å². The van der Waals surface area contributed by atoms with Crippen molar-refractivity contribution < 1.29 is 8.78 Å². The molecule has 0 aliphatic rings. The molecule has 0 saturated heterocycles. The van der Waals surface area contributed by atoms with E-state index in [4.69, 9.17) is 0 Å². The van der Waals surface area contributed by atoms with E-state index < -0.39 is 12.0 Å². The maximum absolute atomic E-state index is 12.9. The lowest BCUT2D eigenvalue weighted by atomic mass is 10.1. The second-order valence-corrected chi connectivity index (χ2v) is 2.52. The Hall–Kier alpha value is -1.32. The molecule has 0 saturated carbocycles. The Balaban J connectivity index is 3.38. The number of aromatic nitrogens is 2. The van der Waals surface area contributed by atoms with Crippen molar-refractivity contribution in [2.45, 2.75) is 13.8 Å². The van der Waals surface area contributed by atoms with Crippen molar-refractivity contribution in [2.75, 3.05) is 0 Å². The zero-order valence-corrected chi connectivity index (χ0v) is 6.86. The van der Waals surface area contributed by atoms with E-state index in [2.05, 4.69) is 16.5 Å². The summed E-state index contributed by atoms with van der Waals surface area (Å²) in [7, 11) is 0. The van der Waals surface area contributed by atoms with Crippen LogP contribution in [0.1, 0.15) is 18.2 Å². The number of halogens is 2.